The number of aromatic nitrogens is 1. The van der Waals surface area contributed by atoms with Crippen LogP contribution < -0.4 is 0 Å². The summed E-state index contributed by atoms with van der Waals surface area (Å²) in [6, 6.07) is 15.3. The van der Waals surface area contributed by atoms with Crippen molar-refractivity contribution in [1.29, 1.82) is 0 Å². The van der Waals surface area contributed by atoms with E-state index in [0.717, 1.165) is 27.6 Å². The second-order valence-electron chi connectivity index (χ2n) is 4.78. The molecule has 1 unspecified atom stereocenters. The average molecular weight is 284 g/mol. The Bertz CT molecular complexity index is 765. The number of hydrogen-bond acceptors (Lipinski definition) is 2. The standard InChI is InChI=1S/C17H14ClNO/c1-11-13(7-3-9-15(11)18)17(20)14-8-2-5-12-6-4-10-19-16(12)14/h2-10,17,20H,1H3. The van der Waals surface area contributed by atoms with E-state index in [4.69, 9.17) is 11.6 Å². The van der Waals surface area contributed by atoms with Gasteiger partial charge in [-0.15, -0.1) is 0 Å². The molecule has 0 fully saturated rings. The fraction of sp³-hybridized carbons (Fsp3) is 0.118. The maximum absolute atomic E-state index is 10.7. The van der Waals surface area contributed by atoms with Crippen LogP contribution in [-0.4, -0.2) is 10.1 Å². The molecule has 0 aliphatic rings. The van der Waals surface area contributed by atoms with Crippen molar-refractivity contribution in [3.05, 3.63) is 76.4 Å². The number of fused-ring (bicyclic) bond motifs is 1. The van der Waals surface area contributed by atoms with Gasteiger partial charge in [-0.1, -0.05) is 48.0 Å². The van der Waals surface area contributed by atoms with Crippen molar-refractivity contribution in [2.45, 2.75) is 13.0 Å². The highest BCUT2D eigenvalue weighted by molar-refractivity contribution is 6.31. The first kappa shape index (κ1) is 13.1. The van der Waals surface area contributed by atoms with Crippen LogP contribution in [0.5, 0.6) is 0 Å². The van der Waals surface area contributed by atoms with E-state index < -0.39 is 6.10 Å². The van der Waals surface area contributed by atoms with E-state index in [2.05, 4.69) is 4.98 Å². The van der Waals surface area contributed by atoms with Crippen LogP contribution in [-0.2, 0) is 0 Å². The Labute approximate surface area is 122 Å². The van der Waals surface area contributed by atoms with Crippen molar-refractivity contribution < 1.29 is 5.11 Å². The topological polar surface area (TPSA) is 33.1 Å². The molecule has 0 amide bonds. The zero-order chi connectivity index (χ0) is 14.1. The number of hydrogen-bond donors (Lipinski definition) is 1. The summed E-state index contributed by atoms with van der Waals surface area (Å²) in [5, 5.41) is 12.4. The van der Waals surface area contributed by atoms with Crippen molar-refractivity contribution in [1.82, 2.24) is 4.98 Å². The van der Waals surface area contributed by atoms with Crippen molar-refractivity contribution >= 4 is 22.5 Å². The number of aliphatic hydroxyl groups excluding tert-OH is 1. The van der Waals surface area contributed by atoms with Gasteiger partial charge in [-0.3, -0.25) is 4.98 Å². The third kappa shape index (κ3) is 2.17. The highest BCUT2D eigenvalue weighted by Gasteiger charge is 2.17. The molecule has 0 aliphatic heterocycles. The lowest BCUT2D eigenvalue weighted by molar-refractivity contribution is 0.221. The second kappa shape index (κ2) is 5.23. The monoisotopic (exact) mass is 283 g/mol. The van der Waals surface area contributed by atoms with Gasteiger partial charge in [0.2, 0.25) is 0 Å². The third-order valence-electron chi connectivity index (χ3n) is 3.56. The fourth-order valence-electron chi connectivity index (χ4n) is 2.44. The molecule has 0 aliphatic carbocycles. The lowest BCUT2D eigenvalue weighted by Crippen LogP contribution is -2.03. The summed E-state index contributed by atoms with van der Waals surface area (Å²) in [6.45, 7) is 1.92. The largest absolute Gasteiger partial charge is 0.384 e. The SMILES string of the molecule is Cc1c(Cl)cccc1C(O)c1cccc2cccnc12. The van der Waals surface area contributed by atoms with Gasteiger partial charge in [-0.05, 0) is 30.2 Å². The predicted octanol–water partition coefficient (Wildman–Crippen LogP) is 4.28. The molecule has 1 atom stereocenters. The zero-order valence-electron chi connectivity index (χ0n) is 11.0. The van der Waals surface area contributed by atoms with Crippen LogP contribution in [0.4, 0.5) is 0 Å². The summed E-state index contributed by atoms with van der Waals surface area (Å²) >= 11 is 6.14. The van der Waals surface area contributed by atoms with Gasteiger partial charge in [0.1, 0.15) is 6.10 Å². The summed E-state index contributed by atoms with van der Waals surface area (Å²) in [7, 11) is 0. The quantitative estimate of drug-likeness (QED) is 0.761. The van der Waals surface area contributed by atoms with E-state index in [9.17, 15) is 5.11 Å². The molecule has 1 heterocycles. The van der Waals surface area contributed by atoms with Gasteiger partial charge in [-0.25, -0.2) is 0 Å². The highest BCUT2D eigenvalue weighted by Crippen LogP contribution is 2.31. The number of halogens is 1. The first-order valence-electron chi connectivity index (χ1n) is 6.45. The van der Waals surface area contributed by atoms with Gasteiger partial charge < -0.3 is 5.11 Å². The van der Waals surface area contributed by atoms with Crippen molar-refractivity contribution in [2.75, 3.05) is 0 Å². The van der Waals surface area contributed by atoms with Crippen LogP contribution in [0.1, 0.15) is 22.8 Å². The fourth-order valence-corrected chi connectivity index (χ4v) is 2.62. The number of rotatable bonds is 2. The summed E-state index contributed by atoms with van der Waals surface area (Å²) in [4.78, 5) is 4.39. The van der Waals surface area contributed by atoms with E-state index in [1.54, 1.807) is 6.20 Å². The Morgan fingerprint density at radius 1 is 1.00 bits per heavy atom. The van der Waals surface area contributed by atoms with Gasteiger partial charge >= 0.3 is 0 Å². The maximum Gasteiger partial charge on any atom is 0.106 e. The molecular weight excluding hydrogens is 270 g/mol. The van der Waals surface area contributed by atoms with Crippen LogP contribution >= 0.6 is 11.6 Å². The van der Waals surface area contributed by atoms with Gasteiger partial charge in [-0.2, -0.15) is 0 Å². The van der Waals surface area contributed by atoms with Gasteiger partial charge in [0, 0.05) is 22.2 Å². The van der Waals surface area contributed by atoms with E-state index in [1.807, 2.05) is 55.5 Å². The number of para-hydroxylation sites is 1. The van der Waals surface area contributed by atoms with Crippen LogP contribution in [0.3, 0.4) is 0 Å². The van der Waals surface area contributed by atoms with Crippen LogP contribution in [0.2, 0.25) is 5.02 Å². The average Bonchev–Trinajstić information content (AvgIpc) is 2.49. The molecule has 100 valence electrons. The van der Waals surface area contributed by atoms with Crippen LogP contribution in [0, 0.1) is 6.92 Å². The molecule has 1 N–H and O–H groups in total. The minimum atomic E-state index is -0.729. The molecule has 0 spiro atoms. The van der Waals surface area contributed by atoms with E-state index in [-0.39, 0.29) is 0 Å². The Hall–Kier alpha value is -1.90. The zero-order valence-corrected chi connectivity index (χ0v) is 11.8. The molecule has 2 aromatic carbocycles. The van der Waals surface area contributed by atoms with Gasteiger partial charge in [0.15, 0.2) is 0 Å². The minimum absolute atomic E-state index is 0.662. The van der Waals surface area contributed by atoms with Crippen molar-refractivity contribution in [3.63, 3.8) is 0 Å². The number of benzene rings is 2. The molecule has 0 saturated carbocycles. The summed E-state index contributed by atoms with van der Waals surface area (Å²) in [6.07, 6.45) is 1.01. The first-order valence-corrected chi connectivity index (χ1v) is 6.83. The lowest BCUT2D eigenvalue weighted by atomic mass is 9.95. The molecule has 3 rings (SSSR count). The second-order valence-corrected chi connectivity index (χ2v) is 5.19. The molecule has 20 heavy (non-hydrogen) atoms. The number of pyridine rings is 1. The van der Waals surface area contributed by atoms with Crippen LogP contribution in [0.25, 0.3) is 10.9 Å². The van der Waals surface area contributed by atoms with E-state index in [1.165, 1.54) is 0 Å². The Morgan fingerprint density at radius 3 is 2.55 bits per heavy atom. The lowest BCUT2D eigenvalue weighted by Gasteiger charge is -2.16. The molecule has 0 radical (unpaired) electrons. The summed E-state index contributed by atoms with van der Waals surface area (Å²) in [5.41, 5.74) is 3.33. The minimum Gasteiger partial charge on any atom is -0.384 e. The Kier molecular flexibility index (Phi) is 3.43. The molecule has 1 aromatic heterocycles. The van der Waals surface area contributed by atoms with Crippen LogP contribution in [0.15, 0.2) is 54.7 Å². The molecule has 3 aromatic rings. The number of nitrogens with zero attached hydrogens (tertiary/aromatic N) is 1. The molecule has 0 saturated heterocycles. The number of aliphatic hydroxyl groups is 1. The highest BCUT2D eigenvalue weighted by atomic mass is 35.5. The normalized spacial score (nSPS) is 12.6. The summed E-state index contributed by atoms with van der Waals surface area (Å²) < 4.78 is 0. The molecule has 3 heteroatoms. The van der Waals surface area contributed by atoms with Gasteiger partial charge in [0.05, 0.1) is 5.52 Å². The van der Waals surface area contributed by atoms with E-state index >= 15 is 0 Å². The molecule has 2 nitrogen and oxygen atoms in total. The molecular formula is C17H14ClNO. The first-order chi connectivity index (χ1) is 9.68. The predicted molar refractivity (Wildman–Crippen MR) is 82.0 cm³/mol. The Morgan fingerprint density at radius 2 is 1.70 bits per heavy atom. The van der Waals surface area contributed by atoms with E-state index in [0.29, 0.717) is 5.02 Å². The smallest absolute Gasteiger partial charge is 0.106 e. The summed E-state index contributed by atoms with van der Waals surface area (Å²) in [5.74, 6) is 0. The van der Waals surface area contributed by atoms with Crippen molar-refractivity contribution in [2.24, 2.45) is 0 Å². The Balaban J connectivity index is 2.18. The maximum atomic E-state index is 10.7. The molecule has 0 bridgehead atoms. The third-order valence-corrected chi connectivity index (χ3v) is 3.97. The van der Waals surface area contributed by atoms with Gasteiger partial charge in [0.25, 0.3) is 0 Å². The van der Waals surface area contributed by atoms with Crippen molar-refractivity contribution in [3.8, 4) is 0 Å².